The second kappa shape index (κ2) is 5.75. The smallest absolute Gasteiger partial charge is 0.412 e. The van der Waals surface area contributed by atoms with Crippen LogP contribution < -0.4 is 0 Å². The second-order valence-corrected chi connectivity index (χ2v) is 5.25. The van der Waals surface area contributed by atoms with E-state index in [0.29, 0.717) is 0 Å². The first kappa shape index (κ1) is 25.2. The Bertz CT molecular complexity index is 562. The molecule has 4 nitrogen and oxygen atoms in total. The number of rotatable bonds is 5. The first-order valence-corrected chi connectivity index (χ1v) is 5.87. The highest BCUT2D eigenvalue weighted by molar-refractivity contribution is 7.87. The van der Waals surface area contributed by atoms with Crippen LogP contribution in [0.4, 0.5) is 57.1 Å². The summed E-state index contributed by atoms with van der Waals surface area (Å²) in [7, 11) is -7.61. The van der Waals surface area contributed by atoms with Crippen LogP contribution in [-0.4, -0.2) is 53.6 Å². The summed E-state index contributed by atoms with van der Waals surface area (Å²) >= 11 is 0. The van der Waals surface area contributed by atoms with Crippen molar-refractivity contribution in [2.75, 3.05) is 0 Å². The molecule has 0 radical (unpaired) electrons. The average molecular weight is 418 g/mol. The number of hydrogen-bond donors (Lipinski definition) is 1. The van der Waals surface area contributed by atoms with Gasteiger partial charge in [0.2, 0.25) is 0 Å². The summed E-state index contributed by atoms with van der Waals surface area (Å²) in [5.41, 5.74) is 0. The molecule has 0 saturated heterocycles. The first-order valence-electron chi connectivity index (χ1n) is 4.43. The third-order valence-corrected chi connectivity index (χ3v) is 3.13. The van der Waals surface area contributed by atoms with Crippen molar-refractivity contribution in [3.05, 3.63) is 0 Å². The summed E-state index contributed by atoms with van der Waals surface area (Å²) < 4.78 is 188. The number of halogens is 13. The van der Waals surface area contributed by atoms with Crippen LogP contribution in [0.25, 0.3) is 0 Å². The van der Waals surface area contributed by atoms with Crippen LogP contribution in [0.1, 0.15) is 0 Å². The highest BCUT2D eigenvalue weighted by Crippen LogP contribution is 2.60. The van der Waals surface area contributed by atoms with Gasteiger partial charge in [-0.1, -0.05) is 0 Å². The Morgan fingerprint density at radius 3 is 1.00 bits per heavy atom. The van der Waals surface area contributed by atoms with E-state index in [2.05, 4.69) is 0 Å². The van der Waals surface area contributed by atoms with Crippen LogP contribution in [-0.2, 0) is 10.1 Å². The Balaban J connectivity index is 0. The molecule has 0 heterocycles. The zero-order chi connectivity index (χ0) is 19.5. The van der Waals surface area contributed by atoms with Gasteiger partial charge in [0.1, 0.15) is 0 Å². The van der Waals surface area contributed by atoms with Crippen molar-refractivity contribution in [3.8, 4) is 0 Å². The Kier molecular flexibility index (Phi) is 6.04. The average Bonchev–Trinajstić information content (AvgIpc) is 2.24. The van der Waals surface area contributed by atoms with Crippen molar-refractivity contribution in [2.45, 2.75) is 35.1 Å². The van der Waals surface area contributed by atoms with Gasteiger partial charge in [-0.25, -0.2) is 0 Å². The molecule has 0 aromatic rings. The monoisotopic (exact) mass is 418 g/mol. The van der Waals surface area contributed by atoms with E-state index in [1.165, 1.54) is 0 Å². The molecule has 0 rings (SSSR count). The molecule has 3 N–H and O–H groups in total. The fraction of sp³-hybridized carbons (Fsp3) is 1.00. The molecule has 0 aromatic carbocycles. The molecule has 0 atom stereocenters. The predicted octanol–water partition coefficient (Wildman–Crippen LogP) is 2.75. The molecule has 0 aliphatic carbocycles. The summed E-state index contributed by atoms with van der Waals surface area (Å²) in [5.74, 6) is -32.5. The van der Waals surface area contributed by atoms with E-state index >= 15 is 0 Å². The fourth-order valence-corrected chi connectivity index (χ4v) is 1.37. The van der Waals surface area contributed by atoms with Gasteiger partial charge in [-0.2, -0.15) is 65.5 Å². The minimum atomic E-state index is -8.25. The lowest BCUT2D eigenvalue weighted by molar-refractivity contribution is -0.433. The minimum absolute atomic E-state index is 0. The SMILES string of the molecule is O.O=S(=O)(O)C(F)(F)C(F)(F)C(F)(F)C(F)(F)C(F)(F)C(F)(F)F. The summed E-state index contributed by atoms with van der Waals surface area (Å²) in [6.45, 7) is 0. The quantitative estimate of drug-likeness (QED) is 0.551. The van der Waals surface area contributed by atoms with Crippen molar-refractivity contribution in [3.63, 3.8) is 0 Å². The van der Waals surface area contributed by atoms with Gasteiger partial charge in [0, 0.05) is 0 Å². The van der Waals surface area contributed by atoms with Crippen molar-refractivity contribution in [1.82, 2.24) is 0 Å². The van der Waals surface area contributed by atoms with Gasteiger partial charge in [-0.3, -0.25) is 4.55 Å². The largest absolute Gasteiger partial charge is 0.460 e. The topological polar surface area (TPSA) is 85.9 Å². The molecular formula is C6H3F13O4S. The third-order valence-electron chi connectivity index (χ3n) is 2.23. The molecule has 148 valence electrons. The Morgan fingerprint density at radius 1 is 0.542 bits per heavy atom. The van der Waals surface area contributed by atoms with Gasteiger partial charge in [-0.15, -0.1) is 0 Å². The molecule has 0 bridgehead atoms. The maximum Gasteiger partial charge on any atom is 0.460 e. The van der Waals surface area contributed by atoms with Crippen LogP contribution >= 0.6 is 0 Å². The molecular weight excluding hydrogens is 415 g/mol. The molecule has 0 unspecified atom stereocenters. The number of hydrogen-bond acceptors (Lipinski definition) is 2. The van der Waals surface area contributed by atoms with E-state index in [4.69, 9.17) is 4.55 Å². The lowest BCUT2D eigenvalue weighted by Crippen LogP contribution is -2.71. The zero-order valence-corrected chi connectivity index (χ0v) is 10.9. The highest BCUT2D eigenvalue weighted by atomic mass is 32.2. The van der Waals surface area contributed by atoms with E-state index in [0.717, 1.165) is 0 Å². The van der Waals surface area contributed by atoms with Gasteiger partial charge in [0.25, 0.3) is 0 Å². The van der Waals surface area contributed by atoms with Gasteiger partial charge < -0.3 is 5.48 Å². The molecule has 0 fully saturated rings. The van der Waals surface area contributed by atoms with Crippen LogP contribution in [0, 0.1) is 0 Å². The maximum atomic E-state index is 12.7. The van der Waals surface area contributed by atoms with Crippen LogP contribution in [0.2, 0.25) is 0 Å². The fourth-order valence-electron chi connectivity index (χ4n) is 0.917. The van der Waals surface area contributed by atoms with Crippen LogP contribution in [0.5, 0.6) is 0 Å². The summed E-state index contributed by atoms with van der Waals surface area (Å²) in [4.78, 5) is 0. The molecule has 0 amide bonds. The zero-order valence-electron chi connectivity index (χ0n) is 10.1. The molecule has 18 heteroatoms. The van der Waals surface area contributed by atoms with Gasteiger partial charge in [-0.05, 0) is 0 Å². The van der Waals surface area contributed by atoms with Gasteiger partial charge in [0.05, 0.1) is 0 Å². The normalized spacial score (nSPS) is 15.9. The lowest BCUT2D eigenvalue weighted by Gasteiger charge is -2.38. The van der Waals surface area contributed by atoms with E-state index in [-0.39, 0.29) is 5.48 Å². The predicted molar refractivity (Wildman–Crippen MR) is 46.0 cm³/mol. The summed E-state index contributed by atoms with van der Waals surface area (Å²) in [6.07, 6.45) is -7.59. The Hall–Kier alpha value is -1.04. The molecule has 0 aliphatic rings. The summed E-state index contributed by atoms with van der Waals surface area (Å²) in [5, 5.41) is -7.52. The maximum absolute atomic E-state index is 12.7. The lowest BCUT2D eigenvalue weighted by atomic mass is 9.98. The molecule has 24 heavy (non-hydrogen) atoms. The molecule has 0 aliphatic heterocycles. The van der Waals surface area contributed by atoms with Crippen molar-refractivity contribution >= 4 is 10.1 Å². The Labute approximate surface area is 122 Å². The highest BCUT2D eigenvalue weighted by Gasteiger charge is 2.92. The minimum Gasteiger partial charge on any atom is -0.412 e. The van der Waals surface area contributed by atoms with Gasteiger partial charge >= 0.3 is 45.2 Å². The molecule has 0 saturated carbocycles. The summed E-state index contributed by atoms with van der Waals surface area (Å²) in [6, 6.07) is 0. The van der Waals surface area contributed by atoms with Crippen molar-refractivity contribution < 1.29 is 75.5 Å². The number of alkyl halides is 13. The third kappa shape index (κ3) is 2.98. The first-order chi connectivity index (χ1) is 9.50. The van der Waals surface area contributed by atoms with E-state index in [1.807, 2.05) is 0 Å². The van der Waals surface area contributed by atoms with E-state index in [1.54, 1.807) is 0 Å². The van der Waals surface area contributed by atoms with Crippen LogP contribution in [0.15, 0.2) is 0 Å². The van der Waals surface area contributed by atoms with E-state index in [9.17, 15) is 65.5 Å². The van der Waals surface area contributed by atoms with Crippen LogP contribution in [0.3, 0.4) is 0 Å². The standard InChI is InChI=1S/C6HF13O3S.H2O/c7-1(8,3(11,12)5(15,16)17)2(9,10)4(13,14)6(18,19)23(20,21)22;/h(H,20,21,22);1H2. The van der Waals surface area contributed by atoms with Crippen molar-refractivity contribution in [1.29, 1.82) is 0 Å². The molecule has 0 aromatic heterocycles. The van der Waals surface area contributed by atoms with E-state index < -0.39 is 45.2 Å². The molecule has 0 spiro atoms. The van der Waals surface area contributed by atoms with Gasteiger partial charge in [0.15, 0.2) is 0 Å². The van der Waals surface area contributed by atoms with Crippen molar-refractivity contribution in [2.24, 2.45) is 0 Å². The Morgan fingerprint density at radius 2 is 0.792 bits per heavy atom. The second-order valence-electron chi connectivity index (χ2n) is 3.79.